The Balaban J connectivity index is 1.52. The van der Waals surface area contributed by atoms with Crippen molar-refractivity contribution in [2.24, 2.45) is 5.73 Å². The van der Waals surface area contributed by atoms with Gasteiger partial charge in [0.2, 0.25) is 5.82 Å². The van der Waals surface area contributed by atoms with Crippen molar-refractivity contribution in [1.29, 1.82) is 0 Å². The first-order valence-corrected chi connectivity index (χ1v) is 10.3. The highest BCUT2D eigenvalue weighted by molar-refractivity contribution is 9.10. The number of aromatic nitrogens is 4. The second-order valence-corrected chi connectivity index (χ2v) is 7.84. The van der Waals surface area contributed by atoms with Crippen molar-refractivity contribution in [3.8, 4) is 28.6 Å². The number of carbonyl (C=O) groups is 1. The molecule has 0 fully saturated rings. The van der Waals surface area contributed by atoms with E-state index in [1.54, 1.807) is 24.3 Å². The van der Waals surface area contributed by atoms with Gasteiger partial charge < -0.3 is 15.0 Å². The Morgan fingerprint density at radius 2 is 1.94 bits per heavy atom. The zero-order valence-electron chi connectivity index (χ0n) is 17.0. The maximum absolute atomic E-state index is 10.8. The molecule has 0 bridgehead atoms. The zero-order valence-corrected chi connectivity index (χ0v) is 18.6. The number of carbonyl (C=O) groups excluding carboxylic acids is 1. The third-order valence-electron chi connectivity index (χ3n) is 4.72. The van der Waals surface area contributed by atoms with Crippen LogP contribution in [0.15, 0.2) is 57.5 Å². The molecule has 2 N–H and O–H groups in total. The predicted molar refractivity (Wildman–Crippen MR) is 118 cm³/mol. The van der Waals surface area contributed by atoms with Gasteiger partial charge in [0.15, 0.2) is 6.61 Å². The molecule has 1 amide bonds. The lowest BCUT2D eigenvalue weighted by atomic mass is 10.1. The largest absolute Gasteiger partial charge is 0.484 e. The fourth-order valence-electron chi connectivity index (χ4n) is 3.12. The van der Waals surface area contributed by atoms with Gasteiger partial charge in [0.05, 0.1) is 22.4 Å². The average molecular weight is 482 g/mol. The molecule has 2 aromatic carbocycles. The van der Waals surface area contributed by atoms with Gasteiger partial charge in [0, 0.05) is 11.1 Å². The number of primary amides is 1. The summed E-state index contributed by atoms with van der Waals surface area (Å²) in [6, 6.07) is 15.0. The number of hydrogen-bond acceptors (Lipinski definition) is 6. The van der Waals surface area contributed by atoms with Crippen LogP contribution in [0.25, 0.3) is 22.8 Å². The summed E-state index contributed by atoms with van der Waals surface area (Å²) >= 11 is 3.56. The van der Waals surface area contributed by atoms with Crippen molar-refractivity contribution >= 4 is 21.8 Å². The second-order valence-electron chi connectivity index (χ2n) is 7.05. The SMILES string of the molecule is Cc1nn(Cc2cccc(-c3nc(-c4ccc(OCC(N)=O)cc4)no3)c2)c(C)c1Br. The Kier molecular flexibility index (Phi) is 5.85. The minimum absolute atomic E-state index is 0.170. The lowest BCUT2D eigenvalue weighted by molar-refractivity contribution is -0.119. The molecule has 0 unspecified atom stereocenters. The van der Waals surface area contributed by atoms with Crippen molar-refractivity contribution in [3.05, 3.63) is 70.0 Å². The fourth-order valence-corrected chi connectivity index (χ4v) is 3.40. The number of rotatable bonds is 7. The van der Waals surface area contributed by atoms with Crippen LogP contribution in [-0.2, 0) is 11.3 Å². The molecule has 8 nitrogen and oxygen atoms in total. The Morgan fingerprint density at radius 3 is 2.61 bits per heavy atom. The molecule has 2 aromatic heterocycles. The molecule has 31 heavy (non-hydrogen) atoms. The summed E-state index contributed by atoms with van der Waals surface area (Å²) in [5.41, 5.74) is 9.79. The second kappa shape index (κ2) is 8.73. The predicted octanol–water partition coefficient (Wildman–Crippen LogP) is 3.89. The van der Waals surface area contributed by atoms with Crippen LogP contribution in [0.5, 0.6) is 5.75 Å². The van der Waals surface area contributed by atoms with E-state index in [0.717, 1.165) is 32.6 Å². The first kappa shape index (κ1) is 20.8. The molecule has 2 heterocycles. The van der Waals surface area contributed by atoms with E-state index < -0.39 is 5.91 Å². The first-order chi connectivity index (χ1) is 14.9. The minimum atomic E-state index is -0.528. The maximum atomic E-state index is 10.8. The van der Waals surface area contributed by atoms with Gasteiger partial charge in [-0.3, -0.25) is 9.48 Å². The summed E-state index contributed by atoms with van der Waals surface area (Å²) in [6.07, 6.45) is 0. The Labute approximate surface area is 187 Å². The van der Waals surface area contributed by atoms with E-state index in [2.05, 4.69) is 31.2 Å². The molecule has 0 aliphatic carbocycles. The van der Waals surface area contributed by atoms with Crippen molar-refractivity contribution < 1.29 is 14.1 Å². The van der Waals surface area contributed by atoms with Crippen LogP contribution < -0.4 is 10.5 Å². The topological polar surface area (TPSA) is 109 Å². The number of ether oxygens (including phenoxy) is 1. The monoisotopic (exact) mass is 481 g/mol. The van der Waals surface area contributed by atoms with E-state index in [4.69, 9.17) is 15.0 Å². The van der Waals surface area contributed by atoms with Gasteiger partial charge in [-0.05, 0) is 71.7 Å². The number of hydrogen-bond donors (Lipinski definition) is 1. The van der Waals surface area contributed by atoms with Crippen LogP contribution in [0.2, 0.25) is 0 Å². The number of nitrogens with zero attached hydrogens (tertiary/aromatic N) is 4. The molecule has 0 spiro atoms. The number of amides is 1. The number of benzene rings is 2. The van der Waals surface area contributed by atoms with Gasteiger partial charge >= 0.3 is 0 Å². The summed E-state index contributed by atoms with van der Waals surface area (Å²) in [7, 11) is 0. The van der Waals surface area contributed by atoms with Gasteiger partial charge in [-0.15, -0.1) is 0 Å². The Bertz CT molecular complexity index is 1230. The maximum Gasteiger partial charge on any atom is 0.258 e. The van der Waals surface area contributed by atoms with Gasteiger partial charge in [-0.25, -0.2) is 0 Å². The number of halogens is 1. The smallest absolute Gasteiger partial charge is 0.258 e. The van der Waals surface area contributed by atoms with Gasteiger partial charge in [0.1, 0.15) is 5.75 Å². The minimum Gasteiger partial charge on any atom is -0.484 e. The molecule has 4 rings (SSSR count). The average Bonchev–Trinajstić information content (AvgIpc) is 3.35. The highest BCUT2D eigenvalue weighted by atomic mass is 79.9. The van der Waals surface area contributed by atoms with Gasteiger partial charge in [-0.1, -0.05) is 17.3 Å². The van der Waals surface area contributed by atoms with E-state index in [9.17, 15) is 4.79 Å². The van der Waals surface area contributed by atoms with E-state index in [1.807, 2.05) is 42.8 Å². The van der Waals surface area contributed by atoms with Crippen LogP contribution in [0.4, 0.5) is 0 Å². The number of aryl methyl sites for hydroxylation is 1. The van der Waals surface area contributed by atoms with Crippen molar-refractivity contribution in [2.75, 3.05) is 6.61 Å². The molecule has 0 saturated heterocycles. The van der Waals surface area contributed by atoms with E-state index in [1.165, 1.54) is 0 Å². The van der Waals surface area contributed by atoms with Crippen molar-refractivity contribution in [2.45, 2.75) is 20.4 Å². The summed E-state index contributed by atoms with van der Waals surface area (Å²) < 4.78 is 13.7. The van der Waals surface area contributed by atoms with E-state index in [0.29, 0.717) is 24.0 Å². The molecule has 0 saturated carbocycles. The summed E-state index contributed by atoms with van der Waals surface area (Å²) in [4.78, 5) is 15.3. The molecule has 0 atom stereocenters. The first-order valence-electron chi connectivity index (χ1n) is 9.55. The molecular formula is C22H20BrN5O3. The standard InChI is InChI=1S/C22H20BrN5O3/c1-13-20(23)14(2)28(26-13)11-15-4-3-5-17(10-15)22-25-21(27-31-22)16-6-8-18(9-7-16)30-12-19(24)29/h3-10H,11-12H2,1-2H3,(H2,24,29). The molecule has 0 aliphatic rings. The van der Waals surface area contributed by atoms with Gasteiger partial charge in [-0.2, -0.15) is 10.1 Å². The van der Waals surface area contributed by atoms with Crippen LogP contribution in [0.3, 0.4) is 0 Å². The molecule has 9 heteroatoms. The quantitative estimate of drug-likeness (QED) is 0.428. The highest BCUT2D eigenvalue weighted by Crippen LogP contribution is 2.25. The van der Waals surface area contributed by atoms with Crippen LogP contribution in [-0.4, -0.2) is 32.4 Å². The van der Waals surface area contributed by atoms with Crippen LogP contribution in [0.1, 0.15) is 17.0 Å². The Hall–Kier alpha value is -3.46. The summed E-state index contributed by atoms with van der Waals surface area (Å²) in [5.74, 6) is 0.902. The normalized spacial score (nSPS) is 10.9. The molecule has 4 aromatic rings. The molecular weight excluding hydrogens is 462 g/mol. The third kappa shape index (κ3) is 4.66. The van der Waals surface area contributed by atoms with Crippen LogP contribution >= 0.6 is 15.9 Å². The van der Waals surface area contributed by atoms with E-state index in [-0.39, 0.29) is 6.61 Å². The lowest BCUT2D eigenvalue weighted by Crippen LogP contribution is -2.19. The van der Waals surface area contributed by atoms with Crippen LogP contribution in [0, 0.1) is 13.8 Å². The molecule has 158 valence electrons. The van der Waals surface area contributed by atoms with Gasteiger partial charge in [0.25, 0.3) is 11.8 Å². The summed E-state index contributed by atoms with van der Waals surface area (Å²) in [6.45, 7) is 4.47. The molecule has 0 radical (unpaired) electrons. The van der Waals surface area contributed by atoms with Crippen molar-refractivity contribution in [3.63, 3.8) is 0 Å². The van der Waals surface area contributed by atoms with Crippen molar-refractivity contribution in [1.82, 2.24) is 19.9 Å². The Morgan fingerprint density at radius 1 is 1.16 bits per heavy atom. The highest BCUT2D eigenvalue weighted by Gasteiger charge is 2.13. The third-order valence-corrected chi connectivity index (χ3v) is 5.87. The lowest BCUT2D eigenvalue weighted by Gasteiger charge is -2.06. The zero-order chi connectivity index (χ0) is 22.0. The fraction of sp³-hybridized carbons (Fsp3) is 0.182. The summed E-state index contributed by atoms with van der Waals surface area (Å²) in [5, 5.41) is 8.65. The number of nitrogens with two attached hydrogens (primary N) is 1. The molecule has 0 aliphatic heterocycles. The van der Waals surface area contributed by atoms with E-state index >= 15 is 0 Å².